The van der Waals surface area contributed by atoms with Gasteiger partial charge in [-0.05, 0) is 49.3 Å². The van der Waals surface area contributed by atoms with Gasteiger partial charge in [0.2, 0.25) is 0 Å². The summed E-state index contributed by atoms with van der Waals surface area (Å²) < 4.78 is 0. The number of benzene rings is 1. The summed E-state index contributed by atoms with van der Waals surface area (Å²) in [7, 11) is 0. The predicted octanol–water partition coefficient (Wildman–Crippen LogP) is 2.62. The van der Waals surface area contributed by atoms with Crippen LogP contribution in [-0.4, -0.2) is 23.8 Å². The lowest BCUT2D eigenvalue weighted by molar-refractivity contribution is 0.238. The van der Waals surface area contributed by atoms with Crippen LogP contribution in [0.4, 0.5) is 10.5 Å². The number of anilines is 1. The smallest absolute Gasteiger partial charge is 0.319 e. The van der Waals surface area contributed by atoms with Gasteiger partial charge in [0.15, 0.2) is 0 Å². The fourth-order valence-corrected chi connectivity index (χ4v) is 3.24. The normalized spacial score (nSPS) is 23.7. The average Bonchev–Trinajstić information content (AvgIpc) is 2.95. The Labute approximate surface area is 125 Å². The average molecular weight is 286 g/mol. The van der Waals surface area contributed by atoms with Crippen molar-refractivity contribution in [3.8, 4) is 0 Å². The van der Waals surface area contributed by atoms with Gasteiger partial charge in [-0.15, -0.1) is 0 Å². The van der Waals surface area contributed by atoms with Gasteiger partial charge in [-0.1, -0.05) is 24.3 Å². The number of urea groups is 1. The van der Waals surface area contributed by atoms with Crippen LogP contribution < -0.4 is 10.6 Å². The summed E-state index contributed by atoms with van der Waals surface area (Å²) >= 11 is 0. The number of aliphatic hydroxyl groups excluding tert-OH is 1. The summed E-state index contributed by atoms with van der Waals surface area (Å²) in [5.74, 6) is 0.166. The first kappa shape index (κ1) is 14.1. The van der Waals surface area contributed by atoms with Crippen molar-refractivity contribution < 1.29 is 9.90 Å². The maximum absolute atomic E-state index is 12.1. The van der Waals surface area contributed by atoms with E-state index < -0.39 is 0 Å². The van der Waals surface area contributed by atoms with Crippen LogP contribution in [0.3, 0.4) is 0 Å². The molecule has 0 bridgehead atoms. The highest BCUT2D eigenvalue weighted by Gasteiger charge is 2.20. The molecule has 0 spiro atoms. The first-order chi connectivity index (χ1) is 10.3. The van der Waals surface area contributed by atoms with Crippen molar-refractivity contribution in [1.29, 1.82) is 0 Å². The Balaban J connectivity index is 1.62. The summed E-state index contributed by atoms with van der Waals surface area (Å²) in [6.45, 7) is 0.141. The third-order valence-electron chi connectivity index (χ3n) is 4.37. The van der Waals surface area contributed by atoms with E-state index in [4.69, 9.17) is 5.11 Å². The molecule has 0 saturated heterocycles. The molecule has 1 aromatic rings. The second-order valence-corrected chi connectivity index (χ2v) is 5.92. The second kappa shape index (κ2) is 6.31. The SMILES string of the molecule is O=C(Nc1cccc2c1CCCC2)N[C@@H]1C=C[C@H](CO)C1. The van der Waals surface area contributed by atoms with Gasteiger partial charge in [0.25, 0.3) is 0 Å². The van der Waals surface area contributed by atoms with Gasteiger partial charge >= 0.3 is 6.03 Å². The summed E-state index contributed by atoms with van der Waals surface area (Å²) in [5, 5.41) is 15.0. The van der Waals surface area contributed by atoms with E-state index in [1.807, 2.05) is 24.3 Å². The van der Waals surface area contributed by atoms with Gasteiger partial charge in [0, 0.05) is 24.3 Å². The molecule has 112 valence electrons. The fraction of sp³-hybridized carbons (Fsp3) is 0.471. The lowest BCUT2D eigenvalue weighted by atomic mass is 9.90. The molecule has 4 nitrogen and oxygen atoms in total. The molecule has 0 unspecified atom stereocenters. The minimum absolute atomic E-state index is 0.0155. The maximum atomic E-state index is 12.1. The van der Waals surface area contributed by atoms with E-state index in [9.17, 15) is 4.79 Å². The number of rotatable bonds is 3. The van der Waals surface area contributed by atoms with Crippen LogP contribution in [0, 0.1) is 5.92 Å². The predicted molar refractivity (Wildman–Crippen MR) is 83.4 cm³/mol. The number of aryl methyl sites for hydroxylation is 1. The van der Waals surface area contributed by atoms with Crippen molar-refractivity contribution in [1.82, 2.24) is 5.32 Å². The Morgan fingerprint density at radius 1 is 1.24 bits per heavy atom. The van der Waals surface area contributed by atoms with E-state index in [2.05, 4.69) is 16.7 Å². The van der Waals surface area contributed by atoms with E-state index in [1.165, 1.54) is 24.0 Å². The van der Waals surface area contributed by atoms with Crippen LogP contribution in [-0.2, 0) is 12.8 Å². The molecule has 3 rings (SSSR count). The molecule has 0 aliphatic heterocycles. The second-order valence-electron chi connectivity index (χ2n) is 5.92. The highest BCUT2D eigenvalue weighted by Crippen LogP contribution is 2.27. The van der Waals surface area contributed by atoms with Gasteiger partial charge in [-0.2, -0.15) is 0 Å². The molecule has 1 aromatic carbocycles. The van der Waals surface area contributed by atoms with E-state index >= 15 is 0 Å². The Morgan fingerprint density at radius 2 is 2.10 bits per heavy atom. The third kappa shape index (κ3) is 3.27. The van der Waals surface area contributed by atoms with E-state index in [-0.39, 0.29) is 24.6 Å². The molecule has 2 aliphatic carbocycles. The van der Waals surface area contributed by atoms with Crippen molar-refractivity contribution in [3.05, 3.63) is 41.5 Å². The molecular formula is C17H22N2O2. The number of hydrogen-bond acceptors (Lipinski definition) is 2. The minimum atomic E-state index is -0.165. The molecule has 0 fully saturated rings. The number of hydrogen-bond donors (Lipinski definition) is 3. The van der Waals surface area contributed by atoms with Gasteiger partial charge < -0.3 is 15.7 Å². The molecular weight excluding hydrogens is 264 g/mol. The first-order valence-electron chi connectivity index (χ1n) is 7.73. The quantitative estimate of drug-likeness (QED) is 0.748. The molecule has 0 radical (unpaired) electrons. The van der Waals surface area contributed by atoms with Crippen LogP contribution in [0.5, 0.6) is 0 Å². The topological polar surface area (TPSA) is 61.4 Å². The van der Waals surface area contributed by atoms with Gasteiger partial charge in [0.05, 0.1) is 0 Å². The summed E-state index contributed by atoms with van der Waals surface area (Å²) in [5.41, 5.74) is 3.58. The zero-order valence-electron chi connectivity index (χ0n) is 12.1. The summed E-state index contributed by atoms with van der Waals surface area (Å²) in [6.07, 6.45) is 9.28. The van der Waals surface area contributed by atoms with Gasteiger partial charge in [-0.25, -0.2) is 4.79 Å². The molecule has 21 heavy (non-hydrogen) atoms. The van der Waals surface area contributed by atoms with Crippen LogP contribution in [0.25, 0.3) is 0 Å². The van der Waals surface area contributed by atoms with Crippen LogP contribution in [0.15, 0.2) is 30.4 Å². The largest absolute Gasteiger partial charge is 0.396 e. The third-order valence-corrected chi connectivity index (χ3v) is 4.37. The standard InChI is InChI=1S/C17H22N2O2/c20-11-12-8-9-14(10-12)18-17(21)19-16-7-3-5-13-4-1-2-6-15(13)16/h3,5,7-9,12,14,20H,1-2,4,6,10-11H2,(H2,18,19,21)/t12-,14+/m0/s1. The molecule has 4 heteroatoms. The molecule has 0 saturated carbocycles. The number of carbonyl (C=O) groups excluding carboxylic acids is 1. The lowest BCUT2D eigenvalue weighted by Crippen LogP contribution is -2.36. The van der Waals surface area contributed by atoms with Gasteiger partial charge in [-0.3, -0.25) is 0 Å². The monoisotopic (exact) mass is 286 g/mol. The van der Waals surface area contributed by atoms with Crippen LogP contribution in [0.2, 0.25) is 0 Å². The van der Waals surface area contributed by atoms with Crippen molar-refractivity contribution in [3.63, 3.8) is 0 Å². The van der Waals surface area contributed by atoms with Crippen molar-refractivity contribution in [2.24, 2.45) is 5.92 Å². The lowest BCUT2D eigenvalue weighted by Gasteiger charge is -2.20. The maximum Gasteiger partial charge on any atom is 0.319 e. The van der Waals surface area contributed by atoms with Crippen molar-refractivity contribution >= 4 is 11.7 Å². The highest BCUT2D eigenvalue weighted by molar-refractivity contribution is 5.90. The number of carbonyl (C=O) groups is 1. The van der Waals surface area contributed by atoms with Gasteiger partial charge in [0.1, 0.15) is 0 Å². The molecule has 2 amide bonds. The van der Waals surface area contributed by atoms with Crippen LogP contribution in [0.1, 0.15) is 30.4 Å². The van der Waals surface area contributed by atoms with Crippen molar-refractivity contribution in [2.45, 2.75) is 38.1 Å². The zero-order chi connectivity index (χ0) is 14.7. The summed E-state index contributed by atoms with van der Waals surface area (Å²) in [4.78, 5) is 12.1. The summed E-state index contributed by atoms with van der Waals surface area (Å²) in [6, 6.07) is 5.99. The molecule has 0 heterocycles. The van der Waals surface area contributed by atoms with E-state index in [0.29, 0.717) is 0 Å². The Morgan fingerprint density at radius 3 is 2.90 bits per heavy atom. The Hall–Kier alpha value is -1.81. The Bertz CT molecular complexity index is 554. The Kier molecular flexibility index (Phi) is 4.25. The minimum Gasteiger partial charge on any atom is -0.396 e. The zero-order valence-corrected chi connectivity index (χ0v) is 12.1. The fourth-order valence-electron chi connectivity index (χ4n) is 3.24. The molecule has 2 aliphatic rings. The number of aliphatic hydroxyl groups is 1. The molecule has 2 atom stereocenters. The molecule has 0 aromatic heterocycles. The number of amides is 2. The first-order valence-corrected chi connectivity index (χ1v) is 7.73. The van der Waals surface area contributed by atoms with E-state index in [1.54, 1.807) is 0 Å². The number of fused-ring (bicyclic) bond motifs is 1. The number of nitrogens with one attached hydrogen (secondary N) is 2. The van der Waals surface area contributed by atoms with E-state index in [0.717, 1.165) is 24.9 Å². The van der Waals surface area contributed by atoms with Crippen LogP contribution >= 0.6 is 0 Å². The molecule has 3 N–H and O–H groups in total. The van der Waals surface area contributed by atoms with Crippen molar-refractivity contribution in [2.75, 3.05) is 11.9 Å². The highest BCUT2D eigenvalue weighted by atomic mass is 16.3.